The zero-order valence-electron chi connectivity index (χ0n) is 19.2. The standard InChI is InChI=1S/C24H35N3O3S/c1-6-27(7-2)17-16-25-23(28)20-10-8-19(9-11-20)18-26-31(29,30)22-14-12-21(13-15-22)24(3,4)5/h8-15,26H,6-7,16-18H2,1-5H3,(H,25,28). The Labute approximate surface area is 187 Å². The first-order valence-corrected chi connectivity index (χ1v) is 12.2. The van der Waals surface area contributed by atoms with Crippen LogP contribution < -0.4 is 10.0 Å². The number of carbonyl (C=O) groups is 1. The monoisotopic (exact) mass is 445 g/mol. The maximum atomic E-state index is 12.6. The third-order valence-corrected chi connectivity index (χ3v) is 6.74. The van der Waals surface area contributed by atoms with Gasteiger partial charge in [-0.15, -0.1) is 0 Å². The quantitative estimate of drug-likeness (QED) is 0.586. The third kappa shape index (κ3) is 7.45. The van der Waals surface area contributed by atoms with E-state index in [2.05, 4.69) is 49.6 Å². The van der Waals surface area contributed by atoms with Gasteiger partial charge in [0.2, 0.25) is 10.0 Å². The highest BCUT2D eigenvalue weighted by Crippen LogP contribution is 2.23. The van der Waals surface area contributed by atoms with Gasteiger partial charge in [-0.05, 0) is 53.9 Å². The highest BCUT2D eigenvalue weighted by Gasteiger charge is 2.17. The molecule has 0 spiro atoms. The third-order valence-electron chi connectivity index (χ3n) is 5.32. The van der Waals surface area contributed by atoms with Crippen LogP contribution in [0.25, 0.3) is 0 Å². The molecule has 2 aromatic carbocycles. The van der Waals surface area contributed by atoms with E-state index < -0.39 is 10.0 Å². The van der Waals surface area contributed by atoms with E-state index in [9.17, 15) is 13.2 Å². The van der Waals surface area contributed by atoms with Crippen LogP contribution in [0.4, 0.5) is 0 Å². The molecule has 0 heterocycles. The summed E-state index contributed by atoms with van der Waals surface area (Å²) in [6.45, 7) is 13.9. The average molecular weight is 446 g/mol. The first-order chi connectivity index (χ1) is 14.6. The minimum atomic E-state index is -3.61. The summed E-state index contributed by atoms with van der Waals surface area (Å²) in [6, 6.07) is 13.9. The van der Waals surface area contributed by atoms with Crippen molar-refractivity contribution in [1.82, 2.24) is 14.9 Å². The van der Waals surface area contributed by atoms with Crippen molar-refractivity contribution >= 4 is 15.9 Å². The van der Waals surface area contributed by atoms with Crippen LogP contribution in [0, 0.1) is 0 Å². The molecular formula is C24H35N3O3S. The van der Waals surface area contributed by atoms with Crippen LogP contribution in [0.5, 0.6) is 0 Å². The van der Waals surface area contributed by atoms with Gasteiger partial charge in [-0.25, -0.2) is 13.1 Å². The number of hydrogen-bond donors (Lipinski definition) is 2. The van der Waals surface area contributed by atoms with Crippen molar-refractivity contribution in [2.75, 3.05) is 26.2 Å². The lowest BCUT2D eigenvalue weighted by Gasteiger charge is -2.19. The van der Waals surface area contributed by atoms with Gasteiger partial charge in [-0.2, -0.15) is 0 Å². The van der Waals surface area contributed by atoms with Crippen molar-refractivity contribution < 1.29 is 13.2 Å². The summed E-state index contributed by atoms with van der Waals surface area (Å²) < 4.78 is 27.8. The minimum Gasteiger partial charge on any atom is -0.351 e. The largest absolute Gasteiger partial charge is 0.351 e. The molecule has 0 aromatic heterocycles. The van der Waals surface area contributed by atoms with Gasteiger partial charge in [-0.3, -0.25) is 4.79 Å². The van der Waals surface area contributed by atoms with E-state index in [0.717, 1.165) is 30.8 Å². The van der Waals surface area contributed by atoms with Crippen molar-refractivity contribution in [3.8, 4) is 0 Å². The molecular weight excluding hydrogens is 410 g/mol. The summed E-state index contributed by atoms with van der Waals surface area (Å²) >= 11 is 0. The summed E-state index contributed by atoms with van der Waals surface area (Å²) in [5, 5.41) is 2.92. The highest BCUT2D eigenvalue weighted by atomic mass is 32.2. The number of nitrogens with one attached hydrogen (secondary N) is 2. The van der Waals surface area contributed by atoms with Crippen LogP contribution in [0.1, 0.15) is 56.1 Å². The van der Waals surface area contributed by atoms with E-state index in [1.165, 1.54) is 0 Å². The second-order valence-corrected chi connectivity index (χ2v) is 10.3. The Morgan fingerprint density at radius 1 is 0.935 bits per heavy atom. The lowest BCUT2D eigenvalue weighted by atomic mass is 9.87. The number of hydrogen-bond acceptors (Lipinski definition) is 4. The summed E-state index contributed by atoms with van der Waals surface area (Å²) in [7, 11) is -3.61. The van der Waals surface area contributed by atoms with Gasteiger partial charge in [0.1, 0.15) is 0 Å². The summed E-state index contributed by atoms with van der Waals surface area (Å²) in [5.74, 6) is -0.127. The normalized spacial score (nSPS) is 12.2. The van der Waals surface area contributed by atoms with Crippen LogP contribution >= 0.6 is 0 Å². The molecule has 0 aliphatic carbocycles. The molecule has 0 aliphatic rings. The average Bonchev–Trinajstić information content (AvgIpc) is 2.75. The van der Waals surface area contributed by atoms with Crippen molar-refractivity contribution in [3.05, 3.63) is 65.2 Å². The predicted octanol–water partition coefficient (Wildman–Crippen LogP) is 3.53. The maximum Gasteiger partial charge on any atom is 0.251 e. The summed E-state index contributed by atoms with van der Waals surface area (Å²) in [5.41, 5.74) is 2.39. The summed E-state index contributed by atoms with van der Waals surface area (Å²) in [4.78, 5) is 14.8. The lowest BCUT2D eigenvalue weighted by Crippen LogP contribution is -2.34. The topological polar surface area (TPSA) is 78.5 Å². The fourth-order valence-corrected chi connectivity index (χ4v) is 4.16. The van der Waals surface area contributed by atoms with Gasteiger partial charge in [-0.1, -0.05) is 58.9 Å². The van der Waals surface area contributed by atoms with E-state index in [1.807, 2.05) is 12.1 Å². The maximum absolute atomic E-state index is 12.6. The molecule has 0 unspecified atom stereocenters. The van der Waals surface area contributed by atoms with Crippen molar-refractivity contribution in [2.24, 2.45) is 0 Å². The molecule has 2 aromatic rings. The first kappa shape index (κ1) is 25.0. The van der Waals surface area contributed by atoms with Crippen molar-refractivity contribution in [3.63, 3.8) is 0 Å². The Bertz CT molecular complexity index is 943. The number of carbonyl (C=O) groups excluding carboxylic acids is 1. The number of rotatable bonds is 10. The van der Waals surface area contributed by atoms with E-state index in [1.54, 1.807) is 36.4 Å². The van der Waals surface area contributed by atoms with Gasteiger partial charge < -0.3 is 10.2 Å². The molecule has 7 heteroatoms. The van der Waals surface area contributed by atoms with Crippen molar-refractivity contribution in [2.45, 2.75) is 51.5 Å². The molecule has 0 fully saturated rings. The number of nitrogens with zero attached hydrogens (tertiary/aromatic N) is 1. The SMILES string of the molecule is CCN(CC)CCNC(=O)c1ccc(CNS(=O)(=O)c2ccc(C(C)(C)C)cc2)cc1. The number of sulfonamides is 1. The number of benzene rings is 2. The fourth-order valence-electron chi connectivity index (χ4n) is 3.14. The molecule has 0 atom stereocenters. The molecule has 0 saturated heterocycles. The van der Waals surface area contributed by atoms with E-state index in [0.29, 0.717) is 12.1 Å². The zero-order chi connectivity index (χ0) is 23.1. The molecule has 2 rings (SSSR count). The van der Waals surface area contributed by atoms with Gasteiger partial charge in [0.05, 0.1) is 4.90 Å². The van der Waals surface area contributed by atoms with Gasteiger partial charge in [0.15, 0.2) is 0 Å². The smallest absolute Gasteiger partial charge is 0.251 e. The van der Waals surface area contributed by atoms with Crippen LogP contribution in [0.3, 0.4) is 0 Å². The number of likely N-dealkylation sites (N-methyl/N-ethyl adjacent to an activating group) is 1. The molecule has 0 bridgehead atoms. The molecule has 170 valence electrons. The Morgan fingerprint density at radius 2 is 1.52 bits per heavy atom. The van der Waals surface area contributed by atoms with Crippen LogP contribution in [-0.2, 0) is 22.0 Å². The first-order valence-electron chi connectivity index (χ1n) is 10.8. The Balaban J connectivity index is 1.91. The Morgan fingerprint density at radius 3 is 2.03 bits per heavy atom. The van der Waals surface area contributed by atoms with E-state index in [-0.39, 0.29) is 22.8 Å². The van der Waals surface area contributed by atoms with Gasteiger partial charge >= 0.3 is 0 Å². The van der Waals surface area contributed by atoms with Crippen LogP contribution in [0.15, 0.2) is 53.4 Å². The highest BCUT2D eigenvalue weighted by molar-refractivity contribution is 7.89. The Kier molecular flexibility index (Phi) is 8.79. The molecule has 1 amide bonds. The summed E-state index contributed by atoms with van der Waals surface area (Å²) in [6.07, 6.45) is 0. The second kappa shape index (κ2) is 10.9. The molecule has 31 heavy (non-hydrogen) atoms. The van der Waals surface area contributed by atoms with Crippen molar-refractivity contribution in [1.29, 1.82) is 0 Å². The molecule has 0 radical (unpaired) electrons. The molecule has 0 aliphatic heterocycles. The molecule has 0 saturated carbocycles. The van der Waals surface area contributed by atoms with E-state index >= 15 is 0 Å². The second-order valence-electron chi connectivity index (χ2n) is 8.58. The van der Waals surface area contributed by atoms with Gasteiger partial charge in [0.25, 0.3) is 5.91 Å². The zero-order valence-corrected chi connectivity index (χ0v) is 20.1. The van der Waals surface area contributed by atoms with E-state index in [4.69, 9.17) is 0 Å². The fraction of sp³-hybridized carbons (Fsp3) is 0.458. The van der Waals surface area contributed by atoms with Gasteiger partial charge in [0, 0.05) is 25.2 Å². The molecule has 2 N–H and O–H groups in total. The Hall–Kier alpha value is -2.22. The van der Waals surface area contributed by atoms with Crippen LogP contribution in [0.2, 0.25) is 0 Å². The minimum absolute atomic E-state index is 0.0326. The number of amides is 1. The lowest BCUT2D eigenvalue weighted by molar-refractivity contribution is 0.0949. The predicted molar refractivity (Wildman–Crippen MR) is 126 cm³/mol. The molecule has 6 nitrogen and oxygen atoms in total. The van der Waals surface area contributed by atoms with Crippen LogP contribution in [-0.4, -0.2) is 45.4 Å².